The lowest BCUT2D eigenvalue weighted by atomic mass is 9.71. The standard InChI is InChI=1S/C19H24N2/c1-4-19(13-5-7-14(20)8-6-13)12-18(2,3)17-11-15(21)9-10-16(17)19/h5-11H,4,12,20-21H2,1-3H3. The van der Waals surface area contributed by atoms with Gasteiger partial charge in [0.1, 0.15) is 0 Å². The molecule has 0 amide bonds. The number of benzene rings is 2. The van der Waals surface area contributed by atoms with Crippen LogP contribution in [0.5, 0.6) is 0 Å². The van der Waals surface area contributed by atoms with E-state index in [0.29, 0.717) is 0 Å². The van der Waals surface area contributed by atoms with Crippen LogP contribution in [0.25, 0.3) is 0 Å². The van der Waals surface area contributed by atoms with E-state index in [-0.39, 0.29) is 10.8 Å². The molecule has 0 spiro atoms. The second-order valence-electron chi connectivity index (χ2n) is 6.92. The van der Waals surface area contributed by atoms with Gasteiger partial charge >= 0.3 is 0 Å². The van der Waals surface area contributed by atoms with Crippen molar-refractivity contribution in [3.63, 3.8) is 0 Å². The maximum absolute atomic E-state index is 6.02. The van der Waals surface area contributed by atoms with Crippen LogP contribution in [-0.4, -0.2) is 0 Å². The quantitative estimate of drug-likeness (QED) is 0.809. The van der Waals surface area contributed by atoms with E-state index in [0.717, 1.165) is 24.2 Å². The van der Waals surface area contributed by atoms with Crippen molar-refractivity contribution in [1.29, 1.82) is 0 Å². The number of rotatable bonds is 2. The van der Waals surface area contributed by atoms with Crippen molar-refractivity contribution in [1.82, 2.24) is 0 Å². The number of nitrogens with two attached hydrogens (primary N) is 2. The van der Waals surface area contributed by atoms with E-state index >= 15 is 0 Å². The van der Waals surface area contributed by atoms with Crippen LogP contribution in [0.4, 0.5) is 11.4 Å². The lowest BCUT2D eigenvalue weighted by molar-refractivity contribution is 0.391. The summed E-state index contributed by atoms with van der Waals surface area (Å²) in [6.45, 7) is 6.91. The normalized spacial score (nSPS) is 23.0. The highest BCUT2D eigenvalue weighted by Crippen LogP contribution is 2.54. The summed E-state index contributed by atoms with van der Waals surface area (Å²) in [7, 11) is 0. The summed E-state index contributed by atoms with van der Waals surface area (Å²) in [4.78, 5) is 0. The second kappa shape index (κ2) is 4.52. The van der Waals surface area contributed by atoms with Crippen LogP contribution in [-0.2, 0) is 10.8 Å². The van der Waals surface area contributed by atoms with Gasteiger partial charge in [-0.2, -0.15) is 0 Å². The van der Waals surface area contributed by atoms with Gasteiger partial charge in [-0.15, -0.1) is 0 Å². The van der Waals surface area contributed by atoms with E-state index in [1.165, 1.54) is 16.7 Å². The summed E-state index contributed by atoms with van der Waals surface area (Å²) in [5.41, 5.74) is 17.9. The van der Waals surface area contributed by atoms with Crippen molar-refractivity contribution >= 4 is 11.4 Å². The monoisotopic (exact) mass is 280 g/mol. The SMILES string of the molecule is CCC1(c2ccc(N)cc2)CC(C)(C)c2cc(N)ccc21. The molecule has 110 valence electrons. The molecule has 1 aliphatic carbocycles. The smallest absolute Gasteiger partial charge is 0.0317 e. The van der Waals surface area contributed by atoms with Gasteiger partial charge in [-0.1, -0.05) is 39.0 Å². The molecule has 1 atom stereocenters. The van der Waals surface area contributed by atoms with Crippen LogP contribution in [0.1, 0.15) is 50.3 Å². The Morgan fingerprint density at radius 3 is 2.14 bits per heavy atom. The zero-order valence-electron chi connectivity index (χ0n) is 13.1. The molecule has 0 saturated heterocycles. The van der Waals surface area contributed by atoms with Crippen LogP contribution in [0.2, 0.25) is 0 Å². The van der Waals surface area contributed by atoms with Crippen molar-refractivity contribution in [2.75, 3.05) is 11.5 Å². The molecule has 0 heterocycles. The highest BCUT2D eigenvalue weighted by molar-refractivity contribution is 5.58. The van der Waals surface area contributed by atoms with Gasteiger partial charge in [-0.25, -0.2) is 0 Å². The molecule has 0 saturated carbocycles. The van der Waals surface area contributed by atoms with Crippen LogP contribution < -0.4 is 11.5 Å². The predicted molar refractivity (Wildman–Crippen MR) is 90.4 cm³/mol. The van der Waals surface area contributed by atoms with Crippen molar-refractivity contribution in [2.24, 2.45) is 0 Å². The van der Waals surface area contributed by atoms with Crippen LogP contribution in [0, 0.1) is 0 Å². The second-order valence-corrected chi connectivity index (χ2v) is 6.92. The minimum absolute atomic E-state index is 0.0697. The highest BCUT2D eigenvalue weighted by Gasteiger charge is 2.47. The Kier molecular flexibility index (Phi) is 3.01. The zero-order valence-corrected chi connectivity index (χ0v) is 13.1. The lowest BCUT2D eigenvalue weighted by Crippen LogP contribution is -2.26. The summed E-state index contributed by atoms with van der Waals surface area (Å²) in [5, 5.41) is 0. The fourth-order valence-corrected chi connectivity index (χ4v) is 4.06. The first-order valence-electron chi connectivity index (χ1n) is 7.65. The summed E-state index contributed by atoms with van der Waals surface area (Å²) in [6.07, 6.45) is 2.19. The minimum atomic E-state index is 0.0697. The Morgan fingerprint density at radius 2 is 1.52 bits per heavy atom. The topological polar surface area (TPSA) is 52.0 Å². The first-order valence-corrected chi connectivity index (χ1v) is 7.65. The number of hydrogen-bond donors (Lipinski definition) is 2. The summed E-state index contributed by atoms with van der Waals surface area (Å²) in [5.74, 6) is 0. The third kappa shape index (κ3) is 2.01. The number of fused-ring (bicyclic) bond motifs is 1. The average Bonchev–Trinajstić information content (AvgIpc) is 2.68. The molecule has 2 aromatic rings. The first-order chi connectivity index (χ1) is 9.89. The first kappa shape index (κ1) is 14.0. The molecule has 1 aliphatic rings. The van der Waals surface area contributed by atoms with Crippen molar-refractivity contribution in [2.45, 2.75) is 44.4 Å². The highest BCUT2D eigenvalue weighted by atomic mass is 14.6. The molecule has 2 aromatic carbocycles. The van der Waals surface area contributed by atoms with E-state index < -0.39 is 0 Å². The molecule has 0 fully saturated rings. The van der Waals surface area contributed by atoms with Crippen LogP contribution in [0.15, 0.2) is 42.5 Å². The van der Waals surface area contributed by atoms with Crippen LogP contribution >= 0.6 is 0 Å². The van der Waals surface area contributed by atoms with Crippen molar-refractivity contribution in [3.05, 3.63) is 59.2 Å². The minimum Gasteiger partial charge on any atom is -0.399 e. The van der Waals surface area contributed by atoms with E-state index in [2.05, 4.69) is 45.0 Å². The Morgan fingerprint density at radius 1 is 0.905 bits per heavy atom. The lowest BCUT2D eigenvalue weighted by Gasteiger charge is -2.32. The number of anilines is 2. The van der Waals surface area contributed by atoms with Gasteiger partial charge in [0.05, 0.1) is 0 Å². The molecule has 0 bridgehead atoms. The molecule has 0 radical (unpaired) electrons. The van der Waals surface area contributed by atoms with Gasteiger partial charge < -0.3 is 11.5 Å². The molecule has 2 heteroatoms. The van der Waals surface area contributed by atoms with Gasteiger partial charge in [0.15, 0.2) is 0 Å². The summed E-state index contributed by atoms with van der Waals surface area (Å²) in [6, 6.07) is 14.8. The Hall–Kier alpha value is -1.96. The molecule has 0 aliphatic heterocycles. The Labute approximate surface area is 127 Å². The van der Waals surface area contributed by atoms with Gasteiger partial charge in [-0.05, 0) is 59.2 Å². The molecule has 4 N–H and O–H groups in total. The molecule has 2 nitrogen and oxygen atoms in total. The maximum atomic E-state index is 6.02. The molecule has 1 unspecified atom stereocenters. The van der Waals surface area contributed by atoms with Crippen LogP contribution in [0.3, 0.4) is 0 Å². The number of hydrogen-bond acceptors (Lipinski definition) is 2. The zero-order chi connectivity index (χ0) is 15.3. The van der Waals surface area contributed by atoms with Gasteiger partial charge in [0.25, 0.3) is 0 Å². The average molecular weight is 280 g/mol. The third-order valence-corrected chi connectivity index (χ3v) is 5.10. The molecule has 21 heavy (non-hydrogen) atoms. The van der Waals surface area contributed by atoms with E-state index in [1.807, 2.05) is 18.2 Å². The Balaban J connectivity index is 2.24. The predicted octanol–water partition coefficient (Wildman–Crippen LogP) is 4.23. The summed E-state index contributed by atoms with van der Waals surface area (Å²) >= 11 is 0. The molecule has 3 rings (SSSR count). The maximum Gasteiger partial charge on any atom is 0.0317 e. The van der Waals surface area contributed by atoms with E-state index in [9.17, 15) is 0 Å². The third-order valence-electron chi connectivity index (χ3n) is 5.10. The Bertz CT molecular complexity index is 670. The van der Waals surface area contributed by atoms with Gasteiger partial charge in [-0.3, -0.25) is 0 Å². The van der Waals surface area contributed by atoms with Crippen molar-refractivity contribution < 1.29 is 0 Å². The number of nitrogen functional groups attached to an aromatic ring is 2. The molecular formula is C19H24N2. The van der Waals surface area contributed by atoms with E-state index in [4.69, 9.17) is 11.5 Å². The van der Waals surface area contributed by atoms with Gasteiger partial charge in [0.2, 0.25) is 0 Å². The van der Waals surface area contributed by atoms with Crippen molar-refractivity contribution in [3.8, 4) is 0 Å². The van der Waals surface area contributed by atoms with E-state index in [1.54, 1.807) is 0 Å². The fourth-order valence-electron chi connectivity index (χ4n) is 4.06. The molecular weight excluding hydrogens is 256 g/mol. The van der Waals surface area contributed by atoms with Gasteiger partial charge in [0, 0.05) is 16.8 Å². The summed E-state index contributed by atoms with van der Waals surface area (Å²) < 4.78 is 0. The molecule has 0 aromatic heterocycles. The fraction of sp³-hybridized carbons (Fsp3) is 0.368. The largest absolute Gasteiger partial charge is 0.399 e.